The molecule has 0 saturated carbocycles. The molecule has 1 unspecified atom stereocenters. The van der Waals surface area contributed by atoms with Crippen molar-refractivity contribution in [1.82, 2.24) is 14.8 Å². The van der Waals surface area contributed by atoms with Crippen molar-refractivity contribution in [3.8, 4) is 11.3 Å². The lowest BCUT2D eigenvalue weighted by Gasteiger charge is -2.36. The Balaban J connectivity index is 0.00000218. The third-order valence-corrected chi connectivity index (χ3v) is 7.51. The van der Waals surface area contributed by atoms with E-state index in [1.165, 1.54) is 12.8 Å². The third kappa shape index (κ3) is 3.47. The van der Waals surface area contributed by atoms with Crippen molar-refractivity contribution in [2.75, 3.05) is 7.05 Å². The minimum Gasteiger partial charge on any atom is -0.349 e. The third-order valence-electron chi connectivity index (χ3n) is 6.87. The molecule has 3 atom stereocenters. The second-order valence-corrected chi connectivity index (χ2v) is 9.33. The van der Waals surface area contributed by atoms with Gasteiger partial charge in [-0.25, -0.2) is 0 Å². The fourth-order valence-electron chi connectivity index (χ4n) is 5.42. The summed E-state index contributed by atoms with van der Waals surface area (Å²) in [6, 6.07) is 17.8. The number of nitrogens with zero attached hydrogens (tertiary/aromatic N) is 2. The Labute approximate surface area is 192 Å². The molecule has 5 rings (SSSR count). The van der Waals surface area contributed by atoms with Crippen LogP contribution in [0.4, 0.5) is 0 Å². The summed E-state index contributed by atoms with van der Waals surface area (Å²) in [6.45, 7) is 0. The van der Waals surface area contributed by atoms with E-state index < -0.39 is 0 Å². The summed E-state index contributed by atoms with van der Waals surface area (Å²) in [6.07, 6.45) is 4.61. The fraction of sp³-hybridized carbons (Fsp3) is 0.375. The maximum absolute atomic E-state index is 13.6. The highest BCUT2D eigenvalue weighted by molar-refractivity contribution is 9.10. The van der Waals surface area contributed by atoms with E-state index in [1.54, 1.807) is 0 Å². The quantitative estimate of drug-likeness (QED) is 0.537. The number of benzene rings is 2. The maximum atomic E-state index is 13.6. The number of para-hydroxylation sites is 1. The van der Waals surface area contributed by atoms with Crippen molar-refractivity contribution in [3.05, 3.63) is 58.6 Å². The number of halogens is 2. The predicted molar refractivity (Wildman–Crippen MR) is 128 cm³/mol. The minimum absolute atomic E-state index is 0. The van der Waals surface area contributed by atoms with Gasteiger partial charge in [0.15, 0.2) is 0 Å². The van der Waals surface area contributed by atoms with E-state index in [2.05, 4.69) is 56.0 Å². The SMILES string of the molecule is CN1[C@@H]2CC[C@H]1CC(NC(=O)c1c(-c3ccccc3)n(C)c3c(Br)cccc13)C2.Cl. The molecule has 0 aliphatic carbocycles. The summed E-state index contributed by atoms with van der Waals surface area (Å²) in [5, 5.41) is 4.39. The monoisotopic (exact) mass is 487 g/mol. The summed E-state index contributed by atoms with van der Waals surface area (Å²) in [7, 11) is 4.28. The number of fused-ring (bicyclic) bond motifs is 3. The maximum Gasteiger partial charge on any atom is 0.254 e. The van der Waals surface area contributed by atoms with E-state index in [0.29, 0.717) is 12.1 Å². The van der Waals surface area contributed by atoms with Crippen molar-refractivity contribution in [1.29, 1.82) is 0 Å². The number of amides is 1. The minimum atomic E-state index is 0. The topological polar surface area (TPSA) is 37.3 Å². The molecule has 3 heterocycles. The number of piperidine rings is 1. The molecule has 6 heteroatoms. The van der Waals surface area contributed by atoms with Crippen LogP contribution in [0.5, 0.6) is 0 Å². The number of nitrogens with one attached hydrogen (secondary N) is 1. The van der Waals surface area contributed by atoms with Crippen molar-refractivity contribution in [3.63, 3.8) is 0 Å². The lowest BCUT2D eigenvalue weighted by molar-refractivity contribution is 0.0884. The normalized spacial score (nSPS) is 23.4. The van der Waals surface area contributed by atoms with Gasteiger partial charge in [0.25, 0.3) is 5.91 Å². The van der Waals surface area contributed by atoms with Crippen LogP contribution in [0.3, 0.4) is 0 Å². The molecule has 1 amide bonds. The smallest absolute Gasteiger partial charge is 0.254 e. The second kappa shape index (κ2) is 8.37. The number of carbonyl (C=O) groups is 1. The highest BCUT2D eigenvalue weighted by Crippen LogP contribution is 2.38. The van der Waals surface area contributed by atoms with Gasteiger partial charge in [0, 0.05) is 35.0 Å². The van der Waals surface area contributed by atoms with Gasteiger partial charge in [0.2, 0.25) is 0 Å². The zero-order valence-electron chi connectivity index (χ0n) is 17.3. The summed E-state index contributed by atoms with van der Waals surface area (Å²) >= 11 is 3.69. The molecule has 4 nitrogen and oxygen atoms in total. The van der Waals surface area contributed by atoms with Crippen LogP contribution >= 0.6 is 28.3 Å². The first-order valence-electron chi connectivity index (χ1n) is 10.4. The summed E-state index contributed by atoms with van der Waals surface area (Å²) in [4.78, 5) is 16.1. The summed E-state index contributed by atoms with van der Waals surface area (Å²) in [5.41, 5.74) is 3.87. The van der Waals surface area contributed by atoms with Crippen molar-refractivity contribution < 1.29 is 4.79 Å². The fourth-order valence-corrected chi connectivity index (χ4v) is 6.05. The van der Waals surface area contributed by atoms with Crippen LogP contribution in [-0.4, -0.2) is 40.5 Å². The number of aryl methyl sites for hydroxylation is 1. The van der Waals surface area contributed by atoms with Crippen molar-refractivity contribution in [2.24, 2.45) is 7.05 Å². The van der Waals surface area contributed by atoms with E-state index in [0.717, 1.165) is 45.0 Å². The molecular weight excluding hydrogens is 462 g/mol. The van der Waals surface area contributed by atoms with E-state index in [9.17, 15) is 4.79 Å². The highest BCUT2D eigenvalue weighted by Gasteiger charge is 2.39. The van der Waals surface area contributed by atoms with Gasteiger partial charge < -0.3 is 14.8 Å². The molecule has 2 fully saturated rings. The van der Waals surface area contributed by atoms with Gasteiger partial charge in [-0.15, -0.1) is 12.4 Å². The lowest BCUT2D eigenvalue weighted by atomic mass is 9.97. The molecule has 3 aromatic rings. The Morgan fingerprint density at radius 2 is 1.67 bits per heavy atom. The number of rotatable bonds is 3. The van der Waals surface area contributed by atoms with Crippen molar-refractivity contribution in [2.45, 2.75) is 43.8 Å². The molecule has 158 valence electrons. The molecule has 30 heavy (non-hydrogen) atoms. The first-order chi connectivity index (χ1) is 14.0. The number of hydrogen-bond donors (Lipinski definition) is 1. The van der Waals surface area contributed by atoms with Gasteiger partial charge in [-0.2, -0.15) is 0 Å². The van der Waals surface area contributed by atoms with E-state index in [1.807, 2.05) is 37.4 Å². The average Bonchev–Trinajstić information content (AvgIpc) is 3.11. The molecule has 2 aliphatic heterocycles. The first kappa shape index (κ1) is 21.4. The molecule has 2 aliphatic rings. The van der Waals surface area contributed by atoms with E-state index in [-0.39, 0.29) is 24.4 Å². The summed E-state index contributed by atoms with van der Waals surface area (Å²) in [5.74, 6) is 0.0431. The number of hydrogen-bond acceptors (Lipinski definition) is 2. The highest BCUT2D eigenvalue weighted by atomic mass is 79.9. The molecule has 2 bridgehead atoms. The second-order valence-electron chi connectivity index (χ2n) is 8.48. The van der Waals surface area contributed by atoms with Gasteiger partial charge in [0.05, 0.1) is 16.8 Å². The zero-order valence-corrected chi connectivity index (χ0v) is 19.7. The van der Waals surface area contributed by atoms with Gasteiger partial charge >= 0.3 is 0 Å². The Hall–Kier alpha value is -1.82. The average molecular weight is 489 g/mol. The van der Waals surface area contributed by atoms with Gasteiger partial charge in [-0.3, -0.25) is 4.79 Å². The zero-order chi connectivity index (χ0) is 20.1. The van der Waals surface area contributed by atoms with E-state index in [4.69, 9.17) is 0 Å². The largest absolute Gasteiger partial charge is 0.349 e. The van der Waals surface area contributed by atoms with Gasteiger partial charge in [-0.05, 0) is 60.3 Å². The Morgan fingerprint density at radius 3 is 2.33 bits per heavy atom. The number of aromatic nitrogens is 1. The van der Waals surface area contributed by atoms with Crippen molar-refractivity contribution >= 4 is 45.1 Å². The standard InChI is InChI=1S/C24H26BrN3O.ClH/c1-27-17-11-12-18(27)14-16(13-17)26-24(29)21-19-9-6-10-20(25)23(19)28(2)22(21)15-7-4-3-5-8-15;/h3-10,16-18H,11-14H2,1-2H3,(H,26,29);1H/t16?,17-,18+;. The Morgan fingerprint density at radius 1 is 1.00 bits per heavy atom. The molecular formula is C24H27BrClN3O. The molecule has 2 aromatic carbocycles. The number of carbonyl (C=O) groups excluding carboxylic acids is 1. The van der Waals surface area contributed by atoms with E-state index >= 15 is 0 Å². The van der Waals surface area contributed by atoms with Crippen LogP contribution in [0.1, 0.15) is 36.0 Å². The Kier molecular flexibility index (Phi) is 5.97. The molecule has 1 aromatic heterocycles. The molecule has 0 spiro atoms. The van der Waals surface area contributed by atoms with Gasteiger partial charge in [0.1, 0.15) is 0 Å². The predicted octanol–water partition coefficient (Wildman–Crippen LogP) is 5.38. The van der Waals surface area contributed by atoms with Crippen LogP contribution in [0.15, 0.2) is 53.0 Å². The molecule has 2 saturated heterocycles. The van der Waals surface area contributed by atoms with Gasteiger partial charge in [-0.1, -0.05) is 42.5 Å². The van der Waals surface area contributed by atoms with Crippen LogP contribution in [-0.2, 0) is 7.05 Å². The molecule has 0 radical (unpaired) electrons. The van der Waals surface area contributed by atoms with Crippen LogP contribution in [0.2, 0.25) is 0 Å². The van der Waals surface area contributed by atoms with Crippen LogP contribution in [0, 0.1) is 0 Å². The van der Waals surface area contributed by atoms with Crippen LogP contribution < -0.4 is 5.32 Å². The Bertz CT molecular complexity index is 1070. The first-order valence-corrected chi connectivity index (χ1v) is 11.2. The lowest BCUT2D eigenvalue weighted by Crippen LogP contribution is -2.48. The molecule has 1 N–H and O–H groups in total. The van der Waals surface area contributed by atoms with Crippen LogP contribution in [0.25, 0.3) is 22.2 Å². The summed E-state index contributed by atoms with van der Waals surface area (Å²) < 4.78 is 3.15.